The highest BCUT2D eigenvalue weighted by molar-refractivity contribution is 5.35. The fourth-order valence-corrected chi connectivity index (χ4v) is 3.13. The molecule has 27 heavy (non-hydrogen) atoms. The SMILES string of the molecule is C=C(C)C(O)(C(=C)C)c1ccc(CN(CCOC)Cc2ccccc2C)o1. The third-order valence-electron chi connectivity index (χ3n) is 4.90. The first-order valence-corrected chi connectivity index (χ1v) is 9.18. The topological polar surface area (TPSA) is 45.8 Å². The highest BCUT2D eigenvalue weighted by Crippen LogP contribution is 2.36. The molecule has 0 aliphatic heterocycles. The van der Waals surface area contributed by atoms with Gasteiger partial charge in [0.05, 0.1) is 13.2 Å². The normalized spacial score (nSPS) is 11.8. The monoisotopic (exact) mass is 369 g/mol. The molecule has 0 aliphatic rings. The molecule has 0 saturated heterocycles. The number of hydrogen-bond donors (Lipinski definition) is 1. The minimum atomic E-state index is -1.34. The van der Waals surface area contributed by atoms with Crippen LogP contribution in [0.5, 0.6) is 0 Å². The number of nitrogens with zero attached hydrogens (tertiary/aromatic N) is 1. The Hall–Kier alpha value is -2.14. The van der Waals surface area contributed by atoms with Crippen LogP contribution in [0.25, 0.3) is 0 Å². The first kappa shape index (κ1) is 21.2. The van der Waals surface area contributed by atoms with Gasteiger partial charge in [0.25, 0.3) is 0 Å². The van der Waals surface area contributed by atoms with E-state index < -0.39 is 5.60 Å². The Morgan fingerprint density at radius 1 is 1.11 bits per heavy atom. The number of furan rings is 1. The van der Waals surface area contributed by atoms with E-state index in [1.165, 1.54) is 11.1 Å². The lowest BCUT2D eigenvalue weighted by Gasteiger charge is -2.27. The number of aryl methyl sites for hydroxylation is 1. The number of hydrogen-bond acceptors (Lipinski definition) is 4. The van der Waals surface area contributed by atoms with Crippen LogP contribution in [0, 0.1) is 6.92 Å². The minimum Gasteiger partial charge on any atom is -0.461 e. The summed E-state index contributed by atoms with van der Waals surface area (Å²) in [4.78, 5) is 2.27. The van der Waals surface area contributed by atoms with Crippen molar-refractivity contribution in [1.82, 2.24) is 4.90 Å². The molecule has 0 radical (unpaired) electrons. The summed E-state index contributed by atoms with van der Waals surface area (Å²) >= 11 is 0. The predicted octanol–water partition coefficient (Wildman–Crippen LogP) is 4.58. The second-order valence-electron chi connectivity index (χ2n) is 7.17. The van der Waals surface area contributed by atoms with Gasteiger partial charge in [0.15, 0.2) is 5.60 Å². The molecule has 2 aromatic rings. The van der Waals surface area contributed by atoms with Gasteiger partial charge in [-0.15, -0.1) is 0 Å². The maximum absolute atomic E-state index is 11.0. The third-order valence-corrected chi connectivity index (χ3v) is 4.90. The van der Waals surface area contributed by atoms with E-state index in [-0.39, 0.29) is 0 Å². The van der Waals surface area contributed by atoms with E-state index in [9.17, 15) is 5.11 Å². The van der Waals surface area contributed by atoms with Crippen molar-refractivity contribution in [2.45, 2.75) is 39.5 Å². The average molecular weight is 370 g/mol. The van der Waals surface area contributed by atoms with Gasteiger partial charge in [-0.05, 0) is 55.2 Å². The summed E-state index contributed by atoms with van der Waals surface area (Å²) in [6.45, 7) is 16.3. The van der Waals surface area contributed by atoms with Crippen LogP contribution in [-0.2, 0) is 23.4 Å². The van der Waals surface area contributed by atoms with Crippen LogP contribution < -0.4 is 0 Å². The zero-order valence-electron chi connectivity index (χ0n) is 16.9. The molecule has 1 N–H and O–H groups in total. The summed E-state index contributed by atoms with van der Waals surface area (Å²) in [7, 11) is 1.71. The number of methoxy groups -OCH3 is 1. The van der Waals surface area contributed by atoms with Crippen molar-refractivity contribution in [3.63, 3.8) is 0 Å². The molecule has 0 bridgehead atoms. The van der Waals surface area contributed by atoms with Crippen molar-refractivity contribution in [2.24, 2.45) is 0 Å². The van der Waals surface area contributed by atoms with Gasteiger partial charge in [-0.25, -0.2) is 0 Å². The van der Waals surface area contributed by atoms with Crippen LogP contribution in [0.1, 0.15) is 36.5 Å². The van der Waals surface area contributed by atoms with Crippen LogP contribution in [0.15, 0.2) is 65.1 Å². The lowest BCUT2D eigenvalue weighted by atomic mass is 9.87. The fraction of sp³-hybridized carbons (Fsp3) is 0.391. The molecule has 4 nitrogen and oxygen atoms in total. The maximum atomic E-state index is 11.0. The molecule has 0 amide bonds. The van der Waals surface area contributed by atoms with Crippen molar-refractivity contribution in [1.29, 1.82) is 0 Å². The van der Waals surface area contributed by atoms with E-state index in [0.717, 1.165) is 18.8 Å². The van der Waals surface area contributed by atoms with Gasteiger partial charge < -0.3 is 14.3 Å². The molecule has 0 fully saturated rings. The van der Waals surface area contributed by atoms with Gasteiger partial charge in [0, 0.05) is 20.2 Å². The van der Waals surface area contributed by atoms with Gasteiger partial charge in [0.2, 0.25) is 0 Å². The van der Waals surface area contributed by atoms with Crippen LogP contribution in [0.3, 0.4) is 0 Å². The molecule has 1 heterocycles. The Bertz CT molecular complexity index is 776. The molecule has 2 rings (SSSR count). The van der Waals surface area contributed by atoms with Crippen LogP contribution in [0.2, 0.25) is 0 Å². The van der Waals surface area contributed by atoms with Crippen molar-refractivity contribution in [3.8, 4) is 0 Å². The van der Waals surface area contributed by atoms with E-state index in [1.54, 1.807) is 27.0 Å². The molecular weight excluding hydrogens is 338 g/mol. The zero-order valence-corrected chi connectivity index (χ0v) is 16.9. The van der Waals surface area contributed by atoms with E-state index in [4.69, 9.17) is 9.15 Å². The number of aliphatic hydroxyl groups is 1. The molecule has 1 aromatic carbocycles. The molecule has 0 aliphatic carbocycles. The van der Waals surface area contributed by atoms with Gasteiger partial charge in [-0.3, -0.25) is 4.90 Å². The first-order chi connectivity index (χ1) is 12.8. The number of rotatable bonds is 10. The van der Waals surface area contributed by atoms with E-state index in [0.29, 0.717) is 30.1 Å². The number of benzene rings is 1. The molecule has 146 valence electrons. The van der Waals surface area contributed by atoms with Crippen LogP contribution in [-0.4, -0.2) is 30.3 Å². The molecule has 0 unspecified atom stereocenters. The Balaban J connectivity index is 2.21. The van der Waals surface area contributed by atoms with Gasteiger partial charge in [0.1, 0.15) is 11.5 Å². The van der Waals surface area contributed by atoms with Crippen molar-refractivity contribution in [2.75, 3.05) is 20.3 Å². The van der Waals surface area contributed by atoms with Crippen LogP contribution >= 0.6 is 0 Å². The van der Waals surface area contributed by atoms with Crippen molar-refractivity contribution < 1.29 is 14.3 Å². The van der Waals surface area contributed by atoms with Crippen LogP contribution in [0.4, 0.5) is 0 Å². The molecule has 0 spiro atoms. The summed E-state index contributed by atoms with van der Waals surface area (Å²) in [6, 6.07) is 12.1. The fourth-order valence-electron chi connectivity index (χ4n) is 3.13. The summed E-state index contributed by atoms with van der Waals surface area (Å²) in [5.74, 6) is 1.25. The maximum Gasteiger partial charge on any atom is 0.163 e. The van der Waals surface area contributed by atoms with E-state index in [1.807, 2.05) is 12.1 Å². The van der Waals surface area contributed by atoms with Crippen molar-refractivity contribution >= 4 is 0 Å². The smallest absolute Gasteiger partial charge is 0.163 e. The molecular formula is C23H31NO3. The zero-order chi connectivity index (χ0) is 20.0. The highest BCUT2D eigenvalue weighted by Gasteiger charge is 2.34. The average Bonchev–Trinajstić information content (AvgIpc) is 3.09. The summed E-state index contributed by atoms with van der Waals surface area (Å²) < 4.78 is 11.3. The highest BCUT2D eigenvalue weighted by atomic mass is 16.5. The summed E-state index contributed by atoms with van der Waals surface area (Å²) in [5, 5.41) is 11.0. The molecule has 0 atom stereocenters. The minimum absolute atomic E-state index is 0.458. The molecule has 4 heteroatoms. The Kier molecular flexibility index (Phi) is 7.19. The quantitative estimate of drug-likeness (QED) is 0.623. The Morgan fingerprint density at radius 2 is 1.78 bits per heavy atom. The first-order valence-electron chi connectivity index (χ1n) is 9.18. The Labute approximate surface area is 162 Å². The van der Waals surface area contributed by atoms with Gasteiger partial charge in [-0.2, -0.15) is 0 Å². The summed E-state index contributed by atoms with van der Waals surface area (Å²) in [6.07, 6.45) is 0. The van der Waals surface area contributed by atoms with E-state index in [2.05, 4.69) is 43.2 Å². The third kappa shape index (κ3) is 4.98. The van der Waals surface area contributed by atoms with E-state index >= 15 is 0 Å². The lowest BCUT2D eigenvalue weighted by molar-refractivity contribution is 0.0863. The number of ether oxygens (including phenoxy) is 1. The second kappa shape index (κ2) is 9.18. The summed E-state index contributed by atoms with van der Waals surface area (Å²) in [5.41, 5.74) is 2.38. The second-order valence-corrected chi connectivity index (χ2v) is 7.17. The predicted molar refractivity (Wildman–Crippen MR) is 109 cm³/mol. The van der Waals surface area contributed by atoms with Crippen molar-refractivity contribution in [3.05, 3.63) is 83.3 Å². The standard InChI is InChI=1S/C23H31NO3/c1-17(2)23(25,18(3)4)22-12-11-21(27-22)16-24(13-14-26-6)15-20-10-8-7-9-19(20)5/h7-12,25H,1,3,13-16H2,2,4-6H3. The Morgan fingerprint density at radius 3 is 2.37 bits per heavy atom. The molecule has 1 aromatic heterocycles. The molecule has 0 saturated carbocycles. The van der Waals surface area contributed by atoms with Gasteiger partial charge >= 0.3 is 0 Å². The van der Waals surface area contributed by atoms with Gasteiger partial charge in [-0.1, -0.05) is 37.4 Å². The largest absolute Gasteiger partial charge is 0.461 e. The lowest BCUT2D eigenvalue weighted by Crippen LogP contribution is -2.28.